The van der Waals surface area contributed by atoms with Crippen molar-refractivity contribution < 1.29 is 14.4 Å². The number of non-ortho nitro benzene ring substituents is 1. The van der Waals surface area contributed by atoms with E-state index in [2.05, 4.69) is 10.3 Å². The second-order valence-electron chi connectivity index (χ2n) is 8.11. The van der Waals surface area contributed by atoms with Gasteiger partial charge in [0.2, 0.25) is 0 Å². The first-order valence-corrected chi connectivity index (χ1v) is 11.6. The molecule has 3 heterocycles. The summed E-state index contributed by atoms with van der Waals surface area (Å²) in [5.41, 5.74) is 3.12. The summed E-state index contributed by atoms with van der Waals surface area (Å²) in [6.45, 7) is 0. The number of pyridine rings is 1. The summed E-state index contributed by atoms with van der Waals surface area (Å²) in [4.78, 5) is 17.6. The molecule has 9 nitrogen and oxygen atoms in total. The molecule has 4 aromatic rings. The van der Waals surface area contributed by atoms with Crippen molar-refractivity contribution in [3.05, 3.63) is 107 Å². The molecule has 0 saturated carbocycles. The third-order valence-corrected chi connectivity index (χ3v) is 6.46. The van der Waals surface area contributed by atoms with Crippen LogP contribution in [-0.4, -0.2) is 33.8 Å². The van der Waals surface area contributed by atoms with Crippen LogP contribution in [0.3, 0.4) is 0 Å². The van der Waals surface area contributed by atoms with Gasteiger partial charge in [0, 0.05) is 36.3 Å². The average molecular weight is 502 g/mol. The number of nitrogens with one attached hydrogen (secondary N) is 1. The lowest BCUT2D eigenvalue weighted by Crippen LogP contribution is -2.30. The number of nitrogens with zero attached hydrogens (tertiary/aromatic N) is 4. The Kier molecular flexibility index (Phi) is 6.26. The van der Waals surface area contributed by atoms with Crippen LogP contribution in [0.2, 0.25) is 0 Å². The predicted molar refractivity (Wildman–Crippen MR) is 140 cm³/mol. The first kappa shape index (κ1) is 23.3. The average Bonchev–Trinajstić information content (AvgIpc) is 3.53. The third kappa shape index (κ3) is 4.11. The monoisotopic (exact) mass is 501 g/mol. The van der Waals surface area contributed by atoms with Crippen LogP contribution in [0, 0.1) is 10.1 Å². The number of ether oxygens (including phenoxy) is 2. The molecule has 0 amide bonds. The van der Waals surface area contributed by atoms with Gasteiger partial charge < -0.3 is 24.3 Å². The topological polar surface area (TPSA) is 94.7 Å². The molecule has 1 N–H and O–H groups in total. The van der Waals surface area contributed by atoms with Gasteiger partial charge in [-0.1, -0.05) is 12.1 Å². The van der Waals surface area contributed by atoms with Crippen LogP contribution in [0.15, 0.2) is 85.2 Å². The minimum absolute atomic E-state index is 0.0159. The van der Waals surface area contributed by atoms with E-state index in [1.54, 1.807) is 32.5 Å². The normalized spacial score (nSPS) is 17.1. The number of benzene rings is 2. The fourth-order valence-electron chi connectivity index (χ4n) is 4.53. The lowest BCUT2D eigenvalue weighted by atomic mass is 10.0. The summed E-state index contributed by atoms with van der Waals surface area (Å²) in [5, 5.41) is 15.4. The maximum Gasteiger partial charge on any atom is 0.271 e. The Morgan fingerprint density at radius 1 is 1.03 bits per heavy atom. The first-order chi connectivity index (χ1) is 17.5. The molecule has 182 valence electrons. The summed E-state index contributed by atoms with van der Waals surface area (Å²) in [6.07, 6.45) is 3.63. The highest BCUT2D eigenvalue weighted by molar-refractivity contribution is 7.80. The summed E-state index contributed by atoms with van der Waals surface area (Å²) in [6, 6.07) is 21.1. The summed E-state index contributed by atoms with van der Waals surface area (Å²) < 4.78 is 13.0. The summed E-state index contributed by atoms with van der Waals surface area (Å²) in [7, 11) is 3.20. The maximum absolute atomic E-state index is 11.4. The predicted octanol–water partition coefficient (Wildman–Crippen LogP) is 4.97. The van der Waals surface area contributed by atoms with E-state index in [0.717, 1.165) is 17.1 Å². The molecule has 36 heavy (non-hydrogen) atoms. The summed E-state index contributed by atoms with van der Waals surface area (Å²) >= 11 is 5.84. The van der Waals surface area contributed by atoms with Gasteiger partial charge in [0.1, 0.15) is 17.5 Å². The van der Waals surface area contributed by atoms with Crippen LogP contribution in [0.4, 0.5) is 11.4 Å². The van der Waals surface area contributed by atoms with Gasteiger partial charge >= 0.3 is 0 Å². The maximum atomic E-state index is 11.4. The van der Waals surface area contributed by atoms with Gasteiger partial charge in [-0.15, -0.1) is 0 Å². The zero-order valence-electron chi connectivity index (χ0n) is 19.6. The zero-order valence-corrected chi connectivity index (χ0v) is 20.4. The minimum atomic E-state index is -0.399. The largest absolute Gasteiger partial charge is 0.497 e. The Labute approximate surface area is 213 Å². The van der Waals surface area contributed by atoms with E-state index in [1.165, 1.54) is 6.07 Å². The van der Waals surface area contributed by atoms with E-state index in [-0.39, 0.29) is 17.8 Å². The highest BCUT2D eigenvalue weighted by Crippen LogP contribution is 2.45. The molecule has 1 saturated heterocycles. The van der Waals surface area contributed by atoms with Crippen LogP contribution in [0.5, 0.6) is 11.5 Å². The number of methoxy groups -OCH3 is 2. The first-order valence-electron chi connectivity index (χ1n) is 11.2. The Morgan fingerprint density at radius 3 is 2.61 bits per heavy atom. The number of aromatic nitrogens is 2. The van der Waals surface area contributed by atoms with Crippen LogP contribution in [0.25, 0.3) is 5.69 Å². The smallest absolute Gasteiger partial charge is 0.271 e. The van der Waals surface area contributed by atoms with E-state index >= 15 is 0 Å². The Hall–Kier alpha value is -4.44. The number of hydrogen-bond acceptors (Lipinski definition) is 6. The molecule has 10 heteroatoms. The van der Waals surface area contributed by atoms with Gasteiger partial charge in [-0.3, -0.25) is 15.1 Å². The van der Waals surface area contributed by atoms with Crippen molar-refractivity contribution in [3.63, 3.8) is 0 Å². The molecule has 0 radical (unpaired) electrons. The SMILES string of the molecule is COc1ccc(N2C(=S)N[C@H](c3ccccn3)[C@@H]2c2cccn2-c2cccc([N+](=O)[O-])c2)c(OC)c1. The second kappa shape index (κ2) is 9.67. The van der Waals surface area contributed by atoms with E-state index < -0.39 is 4.92 Å². The van der Waals surface area contributed by atoms with Crippen molar-refractivity contribution in [2.24, 2.45) is 0 Å². The zero-order chi connectivity index (χ0) is 25.2. The number of rotatable bonds is 7. The molecular formula is C26H23N5O4S. The van der Waals surface area contributed by atoms with Crippen LogP contribution in [0.1, 0.15) is 23.5 Å². The van der Waals surface area contributed by atoms with Gasteiger partial charge in [0.25, 0.3) is 5.69 Å². The molecule has 2 aromatic carbocycles. The Bertz CT molecular complexity index is 1420. The molecule has 0 spiro atoms. The van der Waals surface area contributed by atoms with Crippen molar-refractivity contribution in [1.82, 2.24) is 14.9 Å². The number of anilines is 1. The lowest BCUT2D eigenvalue weighted by molar-refractivity contribution is -0.384. The molecule has 0 aliphatic carbocycles. The van der Waals surface area contributed by atoms with Gasteiger partial charge in [-0.05, 0) is 54.7 Å². The van der Waals surface area contributed by atoms with E-state index in [1.807, 2.05) is 70.3 Å². The Balaban J connectivity index is 1.69. The summed E-state index contributed by atoms with van der Waals surface area (Å²) in [5.74, 6) is 1.25. The van der Waals surface area contributed by atoms with E-state index in [4.69, 9.17) is 21.7 Å². The molecule has 0 unspecified atom stereocenters. The molecule has 1 aliphatic heterocycles. The van der Waals surface area contributed by atoms with Crippen LogP contribution < -0.4 is 19.7 Å². The Morgan fingerprint density at radius 2 is 1.89 bits per heavy atom. The van der Waals surface area contributed by atoms with Crippen molar-refractivity contribution in [1.29, 1.82) is 0 Å². The molecule has 5 rings (SSSR count). The molecule has 1 fully saturated rings. The van der Waals surface area contributed by atoms with E-state index in [9.17, 15) is 10.1 Å². The third-order valence-electron chi connectivity index (χ3n) is 6.15. The standard InChI is InChI=1S/C26H23N5O4S/c1-34-19-11-12-21(23(16-19)35-2)30-25(24(28-26(30)36)20-9-3-4-13-27-20)22-10-6-14-29(22)17-7-5-8-18(15-17)31(32)33/h3-16,24-25H,1-2H3,(H,28,36)/t24-,25+/m1/s1. The van der Waals surface area contributed by atoms with Crippen molar-refractivity contribution >= 4 is 28.7 Å². The van der Waals surface area contributed by atoms with Crippen molar-refractivity contribution in [2.45, 2.75) is 12.1 Å². The van der Waals surface area contributed by atoms with Gasteiger partial charge in [0.05, 0.1) is 42.3 Å². The number of nitro benzene ring substituents is 1. The quantitative estimate of drug-likeness (QED) is 0.215. The molecule has 2 aromatic heterocycles. The fourth-order valence-corrected chi connectivity index (χ4v) is 4.86. The molecule has 2 atom stereocenters. The van der Waals surface area contributed by atoms with Gasteiger partial charge in [0.15, 0.2) is 5.11 Å². The van der Waals surface area contributed by atoms with E-state index in [0.29, 0.717) is 22.3 Å². The molecule has 1 aliphatic rings. The lowest BCUT2D eigenvalue weighted by Gasteiger charge is -2.30. The number of thiocarbonyl (C=S) groups is 1. The van der Waals surface area contributed by atoms with Crippen LogP contribution >= 0.6 is 12.2 Å². The minimum Gasteiger partial charge on any atom is -0.497 e. The molecular weight excluding hydrogens is 478 g/mol. The number of nitro groups is 1. The fraction of sp³-hybridized carbons (Fsp3) is 0.154. The second-order valence-corrected chi connectivity index (χ2v) is 8.50. The number of hydrogen-bond donors (Lipinski definition) is 1. The van der Waals surface area contributed by atoms with Gasteiger partial charge in [-0.2, -0.15) is 0 Å². The van der Waals surface area contributed by atoms with Crippen molar-refractivity contribution in [3.8, 4) is 17.2 Å². The highest BCUT2D eigenvalue weighted by Gasteiger charge is 2.43. The molecule has 0 bridgehead atoms. The highest BCUT2D eigenvalue weighted by atomic mass is 32.1. The van der Waals surface area contributed by atoms with Crippen LogP contribution in [-0.2, 0) is 0 Å². The van der Waals surface area contributed by atoms with Crippen molar-refractivity contribution in [2.75, 3.05) is 19.1 Å². The van der Waals surface area contributed by atoms with Gasteiger partial charge in [-0.25, -0.2) is 0 Å².